The first-order valence-corrected chi connectivity index (χ1v) is 5.19. The van der Waals surface area contributed by atoms with Crippen molar-refractivity contribution in [3.63, 3.8) is 0 Å². The molecule has 5 nitrogen and oxygen atoms in total. The highest BCUT2D eigenvalue weighted by atomic mass is 19.1. The standard InChI is InChI=1S/C11H12FN3O2/c1-2-17-11-4-3-9(5-10(11)12)15-6-8(7-16)13-14-15/h3-6,16H,2,7H2,1H3. The molecule has 0 aliphatic heterocycles. The fourth-order valence-electron chi connectivity index (χ4n) is 1.40. The van der Waals surface area contributed by atoms with Crippen LogP contribution in [0.4, 0.5) is 4.39 Å². The van der Waals surface area contributed by atoms with E-state index in [1.165, 1.54) is 23.0 Å². The molecule has 90 valence electrons. The van der Waals surface area contributed by atoms with Crippen molar-refractivity contribution in [2.75, 3.05) is 6.61 Å². The third-order valence-electron chi connectivity index (χ3n) is 2.18. The lowest BCUT2D eigenvalue weighted by atomic mass is 10.3. The summed E-state index contributed by atoms with van der Waals surface area (Å²) in [5.74, 6) is -0.246. The number of hydrogen-bond donors (Lipinski definition) is 1. The van der Waals surface area contributed by atoms with Crippen LogP contribution in [0.25, 0.3) is 5.69 Å². The first-order valence-electron chi connectivity index (χ1n) is 5.19. The molecule has 1 N–H and O–H groups in total. The van der Waals surface area contributed by atoms with Gasteiger partial charge in [-0.25, -0.2) is 9.07 Å². The molecule has 0 amide bonds. The number of benzene rings is 1. The predicted octanol–water partition coefficient (Wildman–Crippen LogP) is 1.30. The van der Waals surface area contributed by atoms with Gasteiger partial charge in [-0.1, -0.05) is 5.21 Å². The molecule has 0 radical (unpaired) electrons. The fourth-order valence-corrected chi connectivity index (χ4v) is 1.40. The molecule has 0 aliphatic carbocycles. The van der Waals surface area contributed by atoms with Gasteiger partial charge in [-0.3, -0.25) is 0 Å². The molecule has 0 aliphatic rings. The van der Waals surface area contributed by atoms with Gasteiger partial charge in [0.1, 0.15) is 5.69 Å². The highest BCUT2D eigenvalue weighted by molar-refractivity contribution is 5.38. The maximum Gasteiger partial charge on any atom is 0.167 e. The normalized spacial score (nSPS) is 10.5. The van der Waals surface area contributed by atoms with Crippen LogP contribution in [0.15, 0.2) is 24.4 Å². The average Bonchev–Trinajstić information content (AvgIpc) is 2.80. The summed E-state index contributed by atoms with van der Waals surface area (Å²) in [7, 11) is 0. The zero-order valence-corrected chi connectivity index (χ0v) is 9.30. The minimum Gasteiger partial charge on any atom is -0.491 e. The highest BCUT2D eigenvalue weighted by Crippen LogP contribution is 2.20. The fraction of sp³-hybridized carbons (Fsp3) is 0.273. The van der Waals surface area contributed by atoms with E-state index < -0.39 is 5.82 Å². The zero-order chi connectivity index (χ0) is 12.3. The molecule has 0 unspecified atom stereocenters. The predicted molar refractivity (Wildman–Crippen MR) is 58.4 cm³/mol. The molecule has 2 aromatic rings. The Morgan fingerprint density at radius 1 is 1.47 bits per heavy atom. The van der Waals surface area contributed by atoms with Crippen molar-refractivity contribution in [1.82, 2.24) is 15.0 Å². The number of aliphatic hydroxyl groups is 1. The summed E-state index contributed by atoms with van der Waals surface area (Å²) in [6, 6.07) is 4.51. The average molecular weight is 237 g/mol. The smallest absolute Gasteiger partial charge is 0.167 e. The van der Waals surface area contributed by atoms with Gasteiger partial charge < -0.3 is 9.84 Å². The minimum atomic E-state index is -0.453. The number of ether oxygens (including phenoxy) is 1. The lowest BCUT2D eigenvalue weighted by Gasteiger charge is -2.06. The van der Waals surface area contributed by atoms with Gasteiger partial charge in [-0.2, -0.15) is 0 Å². The molecular formula is C11H12FN3O2. The Bertz CT molecular complexity index is 513. The van der Waals surface area contributed by atoms with Crippen molar-refractivity contribution in [1.29, 1.82) is 0 Å². The van der Waals surface area contributed by atoms with E-state index >= 15 is 0 Å². The SMILES string of the molecule is CCOc1ccc(-n2cc(CO)nn2)cc1F. The molecule has 1 aromatic carbocycles. The van der Waals surface area contributed by atoms with Gasteiger partial charge in [0.2, 0.25) is 0 Å². The van der Waals surface area contributed by atoms with Crippen molar-refractivity contribution < 1.29 is 14.2 Å². The van der Waals surface area contributed by atoms with Crippen LogP contribution in [0.2, 0.25) is 0 Å². The maximum atomic E-state index is 13.6. The third kappa shape index (κ3) is 2.42. The van der Waals surface area contributed by atoms with Gasteiger partial charge in [0.25, 0.3) is 0 Å². The van der Waals surface area contributed by atoms with Crippen LogP contribution in [0.3, 0.4) is 0 Å². The van der Waals surface area contributed by atoms with Crippen molar-refractivity contribution in [3.05, 3.63) is 35.9 Å². The monoisotopic (exact) mass is 237 g/mol. The van der Waals surface area contributed by atoms with Gasteiger partial charge in [0.05, 0.1) is 25.1 Å². The van der Waals surface area contributed by atoms with Crippen LogP contribution in [-0.2, 0) is 6.61 Å². The topological polar surface area (TPSA) is 60.2 Å². The minimum absolute atomic E-state index is 0.195. The third-order valence-corrected chi connectivity index (χ3v) is 2.18. The molecule has 1 aromatic heterocycles. The van der Waals surface area contributed by atoms with Crippen molar-refractivity contribution in [2.45, 2.75) is 13.5 Å². The summed E-state index contributed by atoms with van der Waals surface area (Å²) >= 11 is 0. The number of hydrogen-bond acceptors (Lipinski definition) is 4. The Kier molecular flexibility index (Phi) is 3.34. The Hall–Kier alpha value is -1.95. The van der Waals surface area contributed by atoms with E-state index in [0.29, 0.717) is 18.0 Å². The number of aromatic nitrogens is 3. The van der Waals surface area contributed by atoms with E-state index in [9.17, 15) is 4.39 Å². The van der Waals surface area contributed by atoms with E-state index in [4.69, 9.17) is 9.84 Å². The largest absolute Gasteiger partial charge is 0.491 e. The van der Waals surface area contributed by atoms with Gasteiger partial charge in [0, 0.05) is 6.07 Å². The van der Waals surface area contributed by atoms with Crippen LogP contribution in [-0.4, -0.2) is 26.7 Å². The summed E-state index contributed by atoms with van der Waals surface area (Å²) < 4.78 is 20.1. The Balaban J connectivity index is 2.30. The number of nitrogens with zero attached hydrogens (tertiary/aromatic N) is 3. The Morgan fingerprint density at radius 2 is 2.29 bits per heavy atom. The molecule has 0 saturated heterocycles. The molecule has 0 atom stereocenters. The molecule has 2 rings (SSSR count). The van der Waals surface area contributed by atoms with E-state index in [1.807, 2.05) is 0 Å². The second-order valence-electron chi connectivity index (χ2n) is 3.36. The molecule has 0 fully saturated rings. The number of rotatable bonds is 4. The first-order chi connectivity index (χ1) is 8.24. The Labute approximate surface area is 97.5 Å². The van der Waals surface area contributed by atoms with Crippen LogP contribution >= 0.6 is 0 Å². The maximum absolute atomic E-state index is 13.6. The van der Waals surface area contributed by atoms with Gasteiger partial charge in [0.15, 0.2) is 11.6 Å². The van der Waals surface area contributed by atoms with E-state index in [-0.39, 0.29) is 12.4 Å². The van der Waals surface area contributed by atoms with Crippen LogP contribution < -0.4 is 4.74 Å². The van der Waals surface area contributed by atoms with E-state index in [0.717, 1.165) is 0 Å². The molecule has 6 heteroatoms. The second kappa shape index (κ2) is 4.92. The summed E-state index contributed by atoms with van der Waals surface area (Å²) in [5.41, 5.74) is 0.956. The highest BCUT2D eigenvalue weighted by Gasteiger charge is 2.07. The second-order valence-corrected chi connectivity index (χ2v) is 3.36. The van der Waals surface area contributed by atoms with Gasteiger partial charge in [-0.05, 0) is 19.1 Å². The molecule has 0 saturated carbocycles. The van der Waals surface area contributed by atoms with Crippen molar-refractivity contribution >= 4 is 0 Å². The van der Waals surface area contributed by atoms with Crippen LogP contribution in [0.1, 0.15) is 12.6 Å². The lowest BCUT2D eigenvalue weighted by molar-refractivity contribution is 0.276. The van der Waals surface area contributed by atoms with Gasteiger partial charge in [-0.15, -0.1) is 5.10 Å². The lowest BCUT2D eigenvalue weighted by Crippen LogP contribution is -1.99. The summed E-state index contributed by atoms with van der Waals surface area (Å²) in [6.45, 7) is 2.01. The summed E-state index contributed by atoms with van der Waals surface area (Å²) in [6.07, 6.45) is 1.54. The van der Waals surface area contributed by atoms with E-state index in [1.54, 1.807) is 13.0 Å². The first kappa shape index (κ1) is 11.5. The summed E-state index contributed by atoms with van der Waals surface area (Å²) in [4.78, 5) is 0. The number of halogens is 1. The van der Waals surface area contributed by atoms with Crippen LogP contribution in [0.5, 0.6) is 5.75 Å². The molecular weight excluding hydrogens is 225 g/mol. The van der Waals surface area contributed by atoms with Gasteiger partial charge >= 0.3 is 0 Å². The quantitative estimate of drug-likeness (QED) is 0.870. The molecule has 0 spiro atoms. The van der Waals surface area contributed by atoms with Crippen LogP contribution in [0, 0.1) is 5.82 Å². The Morgan fingerprint density at radius 3 is 2.88 bits per heavy atom. The van der Waals surface area contributed by atoms with E-state index in [2.05, 4.69) is 10.3 Å². The van der Waals surface area contributed by atoms with Crippen molar-refractivity contribution in [3.8, 4) is 11.4 Å². The molecule has 0 bridgehead atoms. The zero-order valence-electron chi connectivity index (χ0n) is 9.30. The number of aliphatic hydroxyl groups excluding tert-OH is 1. The summed E-state index contributed by atoms with van der Waals surface area (Å²) in [5, 5.41) is 16.3. The molecule has 17 heavy (non-hydrogen) atoms. The van der Waals surface area contributed by atoms with Crippen molar-refractivity contribution in [2.24, 2.45) is 0 Å². The molecule has 1 heterocycles.